The van der Waals surface area contributed by atoms with Crippen LogP contribution in [0.5, 0.6) is 0 Å². The number of fused-ring (bicyclic) bond motifs is 3. The van der Waals surface area contributed by atoms with E-state index >= 15 is 0 Å². The van der Waals surface area contributed by atoms with E-state index in [1.807, 2.05) is 39.9 Å². The third-order valence-corrected chi connectivity index (χ3v) is 6.08. The van der Waals surface area contributed by atoms with Gasteiger partial charge in [-0.2, -0.15) is 0 Å². The van der Waals surface area contributed by atoms with Gasteiger partial charge in [0.05, 0.1) is 0 Å². The van der Waals surface area contributed by atoms with Crippen LogP contribution in [0.15, 0.2) is 48.9 Å². The Kier molecular flexibility index (Phi) is 3.71. The monoisotopic (exact) mass is 360 g/mol. The van der Waals surface area contributed by atoms with Gasteiger partial charge < -0.3 is 14.6 Å². The van der Waals surface area contributed by atoms with E-state index in [4.69, 9.17) is 0 Å². The highest BCUT2D eigenvalue weighted by atomic mass is 16.2. The summed E-state index contributed by atoms with van der Waals surface area (Å²) in [4.78, 5) is 19.3. The summed E-state index contributed by atoms with van der Waals surface area (Å²) in [6, 6.07) is 10.9. The number of aryl methyl sites for hydroxylation is 1. The Bertz CT molecular complexity index is 1010. The van der Waals surface area contributed by atoms with Crippen LogP contribution in [0.4, 0.5) is 10.5 Å². The molecule has 5 nitrogen and oxygen atoms in total. The summed E-state index contributed by atoms with van der Waals surface area (Å²) >= 11 is 0. The predicted molar refractivity (Wildman–Crippen MR) is 107 cm³/mol. The molecule has 2 amide bonds. The first-order valence-corrected chi connectivity index (χ1v) is 9.71. The number of rotatable bonds is 2. The van der Waals surface area contributed by atoms with E-state index in [9.17, 15) is 4.79 Å². The molecule has 1 N–H and O–H groups in total. The summed E-state index contributed by atoms with van der Waals surface area (Å²) in [5.41, 5.74) is 5.07. The largest absolute Gasteiger partial charge is 0.322 e. The first kappa shape index (κ1) is 16.4. The average Bonchev–Trinajstić information content (AvgIpc) is 3.10. The minimum Gasteiger partial charge on any atom is -0.318 e. The Labute approximate surface area is 159 Å². The highest BCUT2D eigenvalue weighted by molar-refractivity contribution is 5.91. The van der Waals surface area contributed by atoms with E-state index in [2.05, 4.69) is 42.5 Å². The lowest BCUT2D eigenvalue weighted by atomic mass is 9.74. The molecule has 2 saturated heterocycles. The van der Waals surface area contributed by atoms with Gasteiger partial charge in [-0.05, 0) is 67.5 Å². The molecular formula is C22H24N4O. The third-order valence-electron chi connectivity index (χ3n) is 6.08. The van der Waals surface area contributed by atoms with Crippen molar-refractivity contribution in [2.75, 3.05) is 5.32 Å². The molecule has 3 atom stereocenters. The van der Waals surface area contributed by atoms with E-state index in [1.165, 1.54) is 6.42 Å². The van der Waals surface area contributed by atoms with E-state index in [1.54, 1.807) is 0 Å². The number of amides is 2. The molecule has 2 aliphatic rings. The number of urea groups is 1. The Morgan fingerprint density at radius 1 is 1.19 bits per heavy atom. The van der Waals surface area contributed by atoms with Crippen molar-refractivity contribution in [2.24, 2.45) is 5.92 Å². The highest BCUT2D eigenvalue weighted by Crippen LogP contribution is 2.41. The molecule has 0 spiro atoms. The van der Waals surface area contributed by atoms with Crippen LogP contribution in [-0.4, -0.2) is 32.4 Å². The Balaban J connectivity index is 1.39. The molecule has 3 aromatic rings. The second kappa shape index (κ2) is 6.12. The van der Waals surface area contributed by atoms with Crippen molar-refractivity contribution < 1.29 is 4.79 Å². The van der Waals surface area contributed by atoms with Gasteiger partial charge in [0.15, 0.2) is 0 Å². The van der Waals surface area contributed by atoms with Crippen LogP contribution in [0.1, 0.15) is 31.7 Å². The van der Waals surface area contributed by atoms with Gasteiger partial charge >= 0.3 is 6.03 Å². The number of hydrogen-bond donors (Lipinski definition) is 1. The van der Waals surface area contributed by atoms with Crippen LogP contribution in [0, 0.1) is 12.8 Å². The van der Waals surface area contributed by atoms with Crippen molar-refractivity contribution in [3.8, 4) is 11.1 Å². The lowest BCUT2D eigenvalue weighted by Gasteiger charge is -2.54. The zero-order valence-electron chi connectivity index (χ0n) is 15.7. The van der Waals surface area contributed by atoms with Crippen LogP contribution in [-0.2, 0) is 0 Å². The topological polar surface area (TPSA) is 49.6 Å². The zero-order chi connectivity index (χ0) is 18.5. The van der Waals surface area contributed by atoms with Crippen LogP contribution >= 0.6 is 0 Å². The molecule has 0 saturated carbocycles. The smallest absolute Gasteiger partial charge is 0.318 e. The maximum atomic E-state index is 12.8. The Morgan fingerprint density at radius 3 is 2.81 bits per heavy atom. The standard InChI is InChI=1S/C22H24N4O/c1-14-8-18-11-19(9-14)26(18)22(27)24-17-6-5-15(2)20(10-17)16-12-23-21-4-3-7-25(21)13-16/h3-7,10,12-14,18-19H,8-9,11H2,1-2H3,(H,24,27)/t14?,18-,19?/m1/s1. The van der Waals surface area contributed by atoms with Gasteiger partial charge in [0.1, 0.15) is 5.65 Å². The molecule has 1 aromatic carbocycles. The van der Waals surface area contributed by atoms with Gasteiger partial charge in [-0.15, -0.1) is 0 Å². The number of carbonyl (C=O) groups is 1. The summed E-state index contributed by atoms with van der Waals surface area (Å²) in [5.74, 6) is 0.736. The number of nitrogens with one attached hydrogen (secondary N) is 1. The quantitative estimate of drug-likeness (QED) is 0.719. The van der Waals surface area contributed by atoms with E-state index < -0.39 is 0 Å². The van der Waals surface area contributed by atoms with Gasteiger partial charge in [0, 0.05) is 41.9 Å². The molecule has 138 valence electrons. The molecule has 2 fully saturated rings. The van der Waals surface area contributed by atoms with E-state index in [0.717, 1.165) is 46.8 Å². The predicted octanol–water partition coefficient (Wildman–Crippen LogP) is 4.71. The summed E-state index contributed by atoms with van der Waals surface area (Å²) in [5, 5.41) is 3.12. The molecule has 2 aliphatic heterocycles. The van der Waals surface area contributed by atoms with Gasteiger partial charge in [-0.25, -0.2) is 9.78 Å². The SMILES string of the molecule is Cc1ccc(NC(=O)N2C3CC(C)C[C@@H]2C3)cc1-c1cnc2cccn2c1. The van der Waals surface area contributed by atoms with Crippen LogP contribution in [0.3, 0.4) is 0 Å². The third kappa shape index (κ3) is 2.78. The van der Waals surface area contributed by atoms with Crippen molar-refractivity contribution in [2.45, 2.75) is 45.2 Å². The van der Waals surface area contributed by atoms with E-state index in [-0.39, 0.29) is 6.03 Å². The number of hydrogen-bond acceptors (Lipinski definition) is 2. The van der Waals surface area contributed by atoms with Crippen molar-refractivity contribution in [1.29, 1.82) is 0 Å². The molecule has 0 radical (unpaired) electrons. The number of carbonyl (C=O) groups excluding carboxylic acids is 1. The van der Waals surface area contributed by atoms with E-state index in [0.29, 0.717) is 12.1 Å². The number of benzene rings is 1. The molecular weight excluding hydrogens is 336 g/mol. The molecule has 5 rings (SSSR count). The lowest BCUT2D eigenvalue weighted by Crippen LogP contribution is -2.63. The fourth-order valence-electron chi connectivity index (χ4n) is 4.74. The first-order chi connectivity index (χ1) is 13.1. The molecule has 0 aliphatic carbocycles. The average molecular weight is 360 g/mol. The second-order valence-electron chi connectivity index (χ2n) is 8.10. The molecule has 5 heteroatoms. The maximum absolute atomic E-state index is 12.8. The van der Waals surface area contributed by atoms with Gasteiger partial charge in [-0.1, -0.05) is 13.0 Å². The summed E-state index contributed by atoms with van der Waals surface area (Å²) in [6.45, 7) is 4.37. The first-order valence-electron chi connectivity index (χ1n) is 9.71. The maximum Gasteiger partial charge on any atom is 0.322 e. The van der Waals surface area contributed by atoms with Crippen molar-refractivity contribution in [3.63, 3.8) is 0 Å². The van der Waals surface area contributed by atoms with Crippen LogP contribution < -0.4 is 5.32 Å². The summed E-state index contributed by atoms with van der Waals surface area (Å²) < 4.78 is 2.02. The molecule has 2 unspecified atom stereocenters. The highest BCUT2D eigenvalue weighted by Gasteiger charge is 2.46. The molecule has 27 heavy (non-hydrogen) atoms. The van der Waals surface area contributed by atoms with Crippen LogP contribution in [0.25, 0.3) is 16.8 Å². The van der Waals surface area contributed by atoms with Gasteiger partial charge in [0.25, 0.3) is 0 Å². The van der Waals surface area contributed by atoms with Crippen LogP contribution in [0.2, 0.25) is 0 Å². The van der Waals surface area contributed by atoms with Crippen molar-refractivity contribution in [1.82, 2.24) is 14.3 Å². The fraction of sp³-hybridized carbons (Fsp3) is 0.364. The number of anilines is 1. The minimum absolute atomic E-state index is 0.0388. The normalized spacial score (nSPS) is 23.9. The van der Waals surface area contributed by atoms with Gasteiger partial charge in [-0.3, -0.25) is 0 Å². The Hall–Kier alpha value is -2.82. The van der Waals surface area contributed by atoms with Crippen molar-refractivity contribution in [3.05, 3.63) is 54.5 Å². The second-order valence-corrected chi connectivity index (χ2v) is 8.10. The zero-order valence-corrected chi connectivity index (χ0v) is 15.7. The Morgan fingerprint density at radius 2 is 2.00 bits per heavy atom. The van der Waals surface area contributed by atoms with Gasteiger partial charge in [0.2, 0.25) is 0 Å². The summed E-state index contributed by atoms with van der Waals surface area (Å²) in [6.07, 6.45) is 9.40. The lowest BCUT2D eigenvalue weighted by molar-refractivity contribution is -0.00600. The molecule has 2 bridgehead atoms. The number of nitrogens with zero attached hydrogens (tertiary/aromatic N) is 3. The molecule has 4 heterocycles. The number of aromatic nitrogens is 2. The summed E-state index contributed by atoms with van der Waals surface area (Å²) in [7, 11) is 0. The number of piperidine rings is 1. The van der Waals surface area contributed by atoms with Crippen molar-refractivity contribution >= 4 is 17.4 Å². The molecule has 2 aromatic heterocycles. The minimum atomic E-state index is 0.0388. The fourth-order valence-corrected chi connectivity index (χ4v) is 4.74.